The van der Waals surface area contributed by atoms with Crippen molar-refractivity contribution in [1.29, 1.82) is 0 Å². The van der Waals surface area contributed by atoms with E-state index in [4.69, 9.17) is 18.8 Å². The van der Waals surface area contributed by atoms with Gasteiger partial charge in [0.2, 0.25) is 17.3 Å². The molecule has 0 atom stereocenters. The van der Waals surface area contributed by atoms with Crippen LogP contribution in [-0.2, 0) is 70.4 Å². The van der Waals surface area contributed by atoms with Crippen LogP contribution in [0.5, 0.6) is 0 Å². The molecule has 0 bridgehead atoms. The molecule has 0 radical (unpaired) electrons. The Kier molecular flexibility index (Phi) is 25.3. The highest BCUT2D eigenvalue weighted by Crippen LogP contribution is 2.42. The van der Waals surface area contributed by atoms with Gasteiger partial charge in [-0.25, -0.2) is 15.0 Å². The fourth-order valence-corrected chi connectivity index (χ4v) is 11.7. The van der Waals surface area contributed by atoms with Crippen LogP contribution in [-0.4, -0.2) is 156 Å². The lowest BCUT2D eigenvalue weighted by atomic mass is 9.82. The van der Waals surface area contributed by atoms with Gasteiger partial charge in [0.05, 0.1) is 34.7 Å². The maximum Gasteiger partial charge on any atom is 0.498 e. The van der Waals surface area contributed by atoms with Crippen molar-refractivity contribution in [2.45, 2.75) is 199 Å². The number of aromatic nitrogens is 15. The molecular formula is C60H67BBrF24N15O7Si2. The van der Waals surface area contributed by atoms with E-state index in [2.05, 4.69) is 90.4 Å². The smallest absolute Gasteiger partial charge is 0.399 e. The molecule has 10 heterocycles. The largest absolute Gasteiger partial charge is 0.498 e. The molecule has 1 aliphatic heterocycles. The van der Waals surface area contributed by atoms with Crippen molar-refractivity contribution in [1.82, 2.24) is 71.6 Å². The monoisotopic (exact) mass is 1710 g/mol. The quantitative estimate of drug-likeness (QED) is 0.0453. The number of alkyl halides is 24. The number of halogens is 25. The minimum absolute atomic E-state index is 0.0538. The Balaban J connectivity index is 0.000000208. The van der Waals surface area contributed by atoms with Gasteiger partial charge in [0.15, 0.2) is 17.1 Å². The van der Waals surface area contributed by atoms with Gasteiger partial charge in [-0.2, -0.15) is 121 Å². The number of imidazole rings is 3. The molecule has 9 aromatic heterocycles. The molecule has 0 saturated carbocycles. The molecule has 0 spiro atoms. The fraction of sp³-hybridized carbons (Fsp3) is 0.550. The summed E-state index contributed by atoms with van der Waals surface area (Å²) in [5.41, 5.74) is -10.6. The number of nitrogens with zero attached hydrogens (tertiary/aromatic N) is 14. The Morgan fingerprint density at radius 2 is 0.818 bits per heavy atom. The van der Waals surface area contributed by atoms with Crippen LogP contribution in [0.2, 0.25) is 51.4 Å². The van der Waals surface area contributed by atoms with E-state index in [1.165, 1.54) is 35.4 Å². The van der Waals surface area contributed by atoms with Crippen LogP contribution in [0.4, 0.5) is 105 Å². The minimum atomic E-state index is -5.90. The summed E-state index contributed by atoms with van der Waals surface area (Å²) < 4.78 is 339. The average molecular weight is 1710 g/mol. The van der Waals surface area contributed by atoms with E-state index < -0.39 is 175 Å². The van der Waals surface area contributed by atoms with Crippen LogP contribution >= 0.6 is 15.9 Å². The van der Waals surface area contributed by atoms with E-state index in [0.717, 1.165) is 43.9 Å². The van der Waals surface area contributed by atoms with Crippen LogP contribution in [0.1, 0.15) is 61.9 Å². The molecular weight excluding hydrogens is 1650 g/mol. The maximum absolute atomic E-state index is 13.9. The Labute approximate surface area is 615 Å². The Morgan fingerprint density at radius 3 is 1.19 bits per heavy atom. The van der Waals surface area contributed by atoms with E-state index >= 15 is 0 Å². The topological polar surface area (TPSA) is 219 Å². The van der Waals surface area contributed by atoms with Gasteiger partial charge in [-0.05, 0) is 76.5 Å². The third kappa shape index (κ3) is 20.6. The molecule has 9 aromatic rings. The molecule has 610 valence electrons. The number of hydrogen-bond donors (Lipinski definition) is 1. The molecule has 0 amide bonds. The summed E-state index contributed by atoms with van der Waals surface area (Å²) in [7, 11) is -3.55. The first kappa shape index (κ1) is 89.2. The van der Waals surface area contributed by atoms with Crippen molar-refractivity contribution in [3.63, 3.8) is 0 Å². The van der Waals surface area contributed by atoms with Crippen LogP contribution in [0.3, 0.4) is 0 Å². The zero-order chi connectivity index (χ0) is 83.6. The van der Waals surface area contributed by atoms with Gasteiger partial charge in [0.25, 0.3) is 16.7 Å². The highest BCUT2D eigenvalue weighted by atomic mass is 79.9. The van der Waals surface area contributed by atoms with Crippen molar-refractivity contribution >= 4 is 62.0 Å². The second-order valence-electron chi connectivity index (χ2n) is 28.4. The summed E-state index contributed by atoms with van der Waals surface area (Å²) in [5, 5.41) is 10.1. The van der Waals surface area contributed by atoms with Crippen LogP contribution < -0.4 is 22.1 Å². The SMILES string of the molecule is CC1(C)OB(c2cnn(CC(F)(F)C(F)(F)F)c2)OC1(C)C.Cc1cn2c(=O)c(-c3cnn(CC(F)(F)C(F)(F)F)c3)c(C(F)(F)F)nc2[nH]1.Cc1cn2c(=O)c(-c3cnn(CC(F)(F)C(F)(F)F)c3)c(C(F)(F)F)nc2n1COCC[Si](C)(C)C.Cc1cn2c(=O)c(Br)c(C(F)(F)F)nc2n1COCC[Si](C)(C)C. The van der Waals surface area contributed by atoms with E-state index in [9.17, 15) is 120 Å². The predicted molar refractivity (Wildman–Crippen MR) is 353 cm³/mol. The second kappa shape index (κ2) is 31.2. The maximum atomic E-state index is 13.9. The Morgan fingerprint density at radius 1 is 0.473 bits per heavy atom. The highest BCUT2D eigenvalue weighted by Gasteiger charge is 2.60. The van der Waals surface area contributed by atoms with E-state index in [-0.39, 0.29) is 39.8 Å². The van der Waals surface area contributed by atoms with Crippen LogP contribution in [0.15, 0.2) is 74.6 Å². The van der Waals surface area contributed by atoms with Gasteiger partial charge in [-0.1, -0.05) is 39.3 Å². The highest BCUT2D eigenvalue weighted by molar-refractivity contribution is 9.10. The van der Waals surface area contributed by atoms with Gasteiger partial charge >= 0.3 is 61.9 Å². The molecule has 50 heteroatoms. The van der Waals surface area contributed by atoms with E-state index in [1.54, 1.807) is 34.6 Å². The van der Waals surface area contributed by atoms with Crippen molar-refractivity contribution in [3.05, 3.63) is 125 Å². The number of ether oxygens (including phenoxy) is 2. The third-order valence-corrected chi connectivity index (χ3v) is 20.6. The average Bonchev–Trinajstić information content (AvgIpc) is 1.00. The van der Waals surface area contributed by atoms with Crippen molar-refractivity contribution < 1.29 is 124 Å². The lowest BCUT2D eigenvalue weighted by Gasteiger charge is -2.32. The zero-order valence-electron chi connectivity index (χ0n) is 59.7. The van der Waals surface area contributed by atoms with Gasteiger partial charge < -0.3 is 23.8 Å². The number of fused-ring (bicyclic) bond motifs is 3. The predicted octanol–water partition coefficient (Wildman–Crippen LogP) is 14.9. The van der Waals surface area contributed by atoms with Crippen molar-refractivity contribution in [2.75, 3.05) is 13.2 Å². The molecule has 110 heavy (non-hydrogen) atoms. The van der Waals surface area contributed by atoms with E-state index in [1.807, 2.05) is 0 Å². The zero-order valence-corrected chi connectivity index (χ0v) is 63.3. The van der Waals surface area contributed by atoms with Gasteiger partial charge in [0, 0.05) is 106 Å². The molecule has 22 nitrogen and oxygen atoms in total. The van der Waals surface area contributed by atoms with Crippen LogP contribution in [0, 0.1) is 20.8 Å². The Hall–Kier alpha value is -7.97. The van der Waals surface area contributed by atoms with Gasteiger partial charge in [-0.15, -0.1) is 0 Å². The summed E-state index contributed by atoms with van der Waals surface area (Å²) in [5.74, 6) is -16.1. The lowest BCUT2D eigenvalue weighted by Crippen LogP contribution is -2.41. The lowest BCUT2D eigenvalue weighted by molar-refractivity contribution is -0.287. The molecule has 10 rings (SSSR count). The fourth-order valence-electron chi connectivity index (χ4n) is 9.72. The van der Waals surface area contributed by atoms with Gasteiger partial charge in [0.1, 0.15) is 37.6 Å². The number of rotatable bonds is 19. The minimum Gasteiger partial charge on any atom is -0.399 e. The van der Waals surface area contributed by atoms with Crippen LogP contribution in [0.25, 0.3) is 39.6 Å². The standard InChI is InChI=1S/C20H23F8N5O2Si.C14H19BrF3N3O2Si.C14H9F8N5O.C12H16BF5N2O2/c1-12-8-32-16(34)14(13-7-29-31(9-13)10-18(21,22)20(26,27)28)15(19(23,24)25)30-17(32)33(12)11-35-5-6-36(2,3)4;1-9-7-20-12(22)10(15)11(14(16,17)18)19-13(20)21(9)8-23-5-6-24(2,3)4;1-6-3-27-10(28)8(9(13(17,18)19)25-11(27)24-6)7-2-23-26(4-7)5-12(15,16)14(20,21)22;1-9(2)10(3,4)22-13(21-9)8-5-19-20(6-8)7-11(14,15)12(16,17)18/h7-9H,5-6,10-11H2,1-4H3;7H,5-6,8H2,1-4H3;2-4H,5H2,1H3,(H,24,25);5-6H,7H2,1-4H3. The molecule has 1 fully saturated rings. The first-order valence-electron chi connectivity index (χ1n) is 31.9. The molecule has 0 aromatic carbocycles. The summed E-state index contributed by atoms with van der Waals surface area (Å²) in [6.07, 6.45) is -24.1. The number of hydrogen-bond acceptors (Lipinski definition) is 13. The van der Waals surface area contributed by atoms with E-state index in [0.29, 0.717) is 59.8 Å². The molecule has 1 N–H and O–H groups in total. The summed E-state index contributed by atoms with van der Waals surface area (Å²) >= 11 is 2.70. The number of H-pyrrole nitrogens is 1. The molecule has 1 aliphatic rings. The van der Waals surface area contributed by atoms with Crippen molar-refractivity contribution in [2.24, 2.45) is 0 Å². The van der Waals surface area contributed by atoms with Gasteiger partial charge in [-0.3, -0.25) is 50.8 Å². The van der Waals surface area contributed by atoms with Crippen molar-refractivity contribution in [3.8, 4) is 22.3 Å². The summed E-state index contributed by atoms with van der Waals surface area (Å²) in [4.78, 5) is 50.8. The normalized spacial score (nSPS) is 15.0. The first-order chi connectivity index (χ1) is 49.7. The summed E-state index contributed by atoms with van der Waals surface area (Å²) in [6.45, 7) is 20.1. The summed E-state index contributed by atoms with van der Waals surface area (Å²) in [6, 6.07) is 1.74. The Bertz CT molecular complexity index is 4930. The third-order valence-electron chi connectivity index (χ3n) is 16.4. The number of nitrogens with one attached hydrogen (secondary N) is 1. The first-order valence-corrected chi connectivity index (χ1v) is 40.1. The second-order valence-corrected chi connectivity index (χ2v) is 40.5. The number of aryl methyl sites for hydroxylation is 3. The number of aromatic amines is 1. The molecule has 0 aliphatic carbocycles. The molecule has 1 saturated heterocycles. The molecule has 0 unspecified atom stereocenters.